The second-order valence-electron chi connectivity index (χ2n) is 5.94. The largest absolute Gasteiger partial charge is 0.493 e. The number of hydrogen-bond donors (Lipinski definition) is 1. The zero-order valence-corrected chi connectivity index (χ0v) is 16.5. The molecule has 0 atom stereocenters. The molecule has 4 nitrogen and oxygen atoms in total. The second-order valence-corrected chi connectivity index (χ2v) is 7.37. The van der Waals surface area contributed by atoms with E-state index in [-0.39, 0.29) is 5.91 Å². The summed E-state index contributed by atoms with van der Waals surface area (Å²) in [4.78, 5) is 13.1. The summed E-state index contributed by atoms with van der Waals surface area (Å²) in [6.07, 6.45) is 0.688. The molecule has 0 saturated heterocycles. The van der Waals surface area contributed by atoms with Gasteiger partial charge in [-0.25, -0.2) is 0 Å². The Morgan fingerprint density at radius 2 is 1.88 bits per heavy atom. The Labute approximate surface area is 161 Å². The maximum Gasteiger partial charge on any atom is 0.262 e. The molecule has 0 saturated carbocycles. The molecule has 0 unspecified atom stereocenters. The first-order chi connectivity index (χ1) is 12.5. The lowest BCUT2D eigenvalue weighted by molar-refractivity contribution is 0.0958. The maximum atomic E-state index is 12.5. The van der Waals surface area contributed by atoms with Gasteiger partial charge in [-0.15, -0.1) is 11.3 Å². The zero-order chi connectivity index (χ0) is 18.7. The van der Waals surface area contributed by atoms with Crippen molar-refractivity contribution < 1.29 is 14.3 Å². The van der Waals surface area contributed by atoms with E-state index >= 15 is 0 Å². The van der Waals surface area contributed by atoms with E-state index in [1.165, 1.54) is 11.3 Å². The van der Waals surface area contributed by atoms with Crippen molar-refractivity contribution in [3.8, 4) is 11.5 Å². The van der Waals surface area contributed by atoms with Crippen LogP contribution in [-0.2, 0) is 6.42 Å². The number of aryl methyl sites for hydroxylation is 1. The third-order valence-electron chi connectivity index (χ3n) is 4.14. The Hall–Kier alpha value is -2.24. The monoisotopic (exact) mass is 389 g/mol. The van der Waals surface area contributed by atoms with E-state index < -0.39 is 0 Å². The Balaban J connectivity index is 1.67. The fraction of sp³-hybridized carbons (Fsp3) is 0.250. The Morgan fingerprint density at radius 1 is 1.12 bits per heavy atom. The molecule has 1 heterocycles. The predicted octanol–water partition coefficient (Wildman–Crippen LogP) is 4.85. The number of halogens is 1. The van der Waals surface area contributed by atoms with Crippen molar-refractivity contribution in [3.63, 3.8) is 0 Å². The average molecular weight is 390 g/mol. The minimum absolute atomic E-state index is 0.144. The van der Waals surface area contributed by atoms with Gasteiger partial charge in [-0.1, -0.05) is 29.8 Å². The van der Waals surface area contributed by atoms with Crippen LogP contribution in [0.2, 0.25) is 5.02 Å². The lowest BCUT2D eigenvalue weighted by Crippen LogP contribution is -2.25. The van der Waals surface area contributed by atoms with E-state index in [0.717, 1.165) is 21.2 Å². The normalized spacial score (nSPS) is 10.8. The molecule has 3 aromatic rings. The number of nitrogens with one attached hydrogen (secondary N) is 1. The SMILES string of the molecule is COc1ccc(CCNC(=O)c2sc3cc(C)ccc3c2Cl)cc1OC. The number of rotatable bonds is 6. The van der Waals surface area contributed by atoms with Gasteiger partial charge >= 0.3 is 0 Å². The highest BCUT2D eigenvalue weighted by Gasteiger charge is 2.17. The fourth-order valence-corrected chi connectivity index (χ4v) is 4.29. The van der Waals surface area contributed by atoms with E-state index in [1.54, 1.807) is 14.2 Å². The van der Waals surface area contributed by atoms with Crippen LogP contribution in [0.4, 0.5) is 0 Å². The maximum absolute atomic E-state index is 12.5. The van der Waals surface area contributed by atoms with E-state index in [1.807, 2.05) is 43.3 Å². The summed E-state index contributed by atoms with van der Waals surface area (Å²) in [5, 5.41) is 4.39. The van der Waals surface area contributed by atoms with Gasteiger partial charge in [0, 0.05) is 16.6 Å². The number of amides is 1. The molecule has 0 fully saturated rings. The smallest absolute Gasteiger partial charge is 0.262 e. The highest BCUT2D eigenvalue weighted by Crippen LogP contribution is 2.35. The average Bonchev–Trinajstić information content (AvgIpc) is 2.97. The van der Waals surface area contributed by atoms with Gasteiger partial charge in [-0.2, -0.15) is 0 Å². The number of carbonyl (C=O) groups is 1. The molecule has 136 valence electrons. The standard InChI is InChI=1S/C20H20ClNO3S/c1-12-4-6-14-17(10-12)26-19(18(14)21)20(23)22-9-8-13-5-7-15(24-2)16(11-13)25-3/h4-7,10-11H,8-9H2,1-3H3,(H,22,23). The molecule has 1 aromatic heterocycles. The number of benzene rings is 2. The molecular formula is C20H20ClNO3S. The van der Waals surface area contributed by atoms with E-state index in [4.69, 9.17) is 21.1 Å². The van der Waals surface area contributed by atoms with Crippen LogP contribution in [0, 0.1) is 6.92 Å². The lowest BCUT2D eigenvalue weighted by atomic mass is 10.1. The van der Waals surface area contributed by atoms with Crippen molar-refractivity contribution in [1.29, 1.82) is 0 Å². The topological polar surface area (TPSA) is 47.6 Å². The molecule has 0 aliphatic carbocycles. The Bertz CT molecular complexity index is 952. The quantitative estimate of drug-likeness (QED) is 0.655. The van der Waals surface area contributed by atoms with Crippen LogP contribution in [0.15, 0.2) is 36.4 Å². The van der Waals surface area contributed by atoms with E-state index in [9.17, 15) is 4.79 Å². The summed E-state index contributed by atoms with van der Waals surface area (Å²) in [6.45, 7) is 2.54. The van der Waals surface area contributed by atoms with Crippen LogP contribution in [0.1, 0.15) is 20.8 Å². The van der Waals surface area contributed by atoms with Gasteiger partial charge in [0.15, 0.2) is 11.5 Å². The summed E-state index contributed by atoms with van der Waals surface area (Å²) in [7, 11) is 3.21. The number of hydrogen-bond acceptors (Lipinski definition) is 4. The molecule has 0 bridgehead atoms. The number of thiophene rings is 1. The number of ether oxygens (including phenoxy) is 2. The summed E-state index contributed by atoms with van der Waals surface area (Å²) in [6, 6.07) is 11.7. The van der Waals surface area contributed by atoms with Crippen molar-refractivity contribution in [2.45, 2.75) is 13.3 Å². The lowest BCUT2D eigenvalue weighted by Gasteiger charge is -2.10. The van der Waals surface area contributed by atoms with Gasteiger partial charge in [0.05, 0.1) is 19.2 Å². The minimum atomic E-state index is -0.144. The first kappa shape index (κ1) is 18.5. The van der Waals surface area contributed by atoms with E-state index in [0.29, 0.717) is 34.4 Å². The molecule has 0 aliphatic rings. The number of methoxy groups -OCH3 is 2. The summed E-state index contributed by atoms with van der Waals surface area (Å²) in [5.41, 5.74) is 2.21. The molecule has 3 rings (SSSR count). The van der Waals surface area contributed by atoms with Crippen LogP contribution >= 0.6 is 22.9 Å². The van der Waals surface area contributed by atoms with Gasteiger partial charge < -0.3 is 14.8 Å². The van der Waals surface area contributed by atoms with Crippen LogP contribution in [0.25, 0.3) is 10.1 Å². The Morgan fingerprint density at radius 3 is 2.62 bits per heavy atom. The molecule has 1 N–H and O–H groups in total. The first-order valence-electron chi connectivity index (χ1n) is 8.21. The van der Waals surface area contributed by atoms with Gasteiger partial charge in [0.25, 0.3) is 5.91 Å². The van der Waals surface area contributed by atoms with Crippen molar-refractivity contribution in [3.05, 3.63) is 57.4 Å². The fourth-order valence-electron chi connectivity index (χ4n) is 2.76. The summed E-state index contributed by atoms with van der Waals surface area (Å²) >= 11 is 7.82. The molecule has 0 radical (unpaired) electrons. The van der Waals surface area contributed by atoms with Gasteiger partial charge in [0.2, 0.25) is 0 Å². The van der Waals surface area contributed by atoms with Crippen LogP contribution in [-0.4, -0.2) is 26.7 Å². The molecule has 0 aliphatic heterocycles. The summed E-state index contributed by atoms with van der Waals surface area (Å²) in [5.74, 6) is 1.22. The van der Waals surface area contributed by atoms with E-state index in [2.05, 4.69) is 5.32 Å². The summed E-state index contributed by atoms with van der Waals surface area (Å²) < 4.78 is 11.6. The third-order valence-corrected chi connectivity index (χ3v) is 5.79. The molecular weight excluding hydrogens is 370 g/mol. The predicted molar refractivity (Wildman–Crippen MR) is 107 cm³/mol. The Kier molecular flexibility index (Phi) is 5.69. The van der Waals surface area contributed by atoms with Crippen LogP contribution < -0.4 is 14.8 Å². The zero-order valence-electron chi connectivity index (χ0n) is 14.9. The molecule has 1 amide bonds. The number of carbonyl (C=O) groups excluding carboxylic acids is 1. The first-order valence-corrected chi connectivity index (χ1v) is 9.40. The molecule has 2 aromatic carbocycles. The minimum Gasteiger partial charge on any atom is -0.493 e. The van der Waals surface area contributed by atoms with Gasteiger partial charge in [0.1, 0.15) is 4.88 Å². The van der Waals surface area contributed by atoms with Crippen molar-refractivity contribution >= 4 is 38.9 Å². The second kappa shape index (κ2) is 7.98. The van der Waals surface area contributed by atoms with Crippen molar-refractivity contribution in [2.75, 3.05) is 20.8 Å². The van der Waals surface area contributed by atoms with Gasteiger partial charge in [-0.05, 0) is 42.7 Å². The van der Waals surface area contributed by atoms with Gasteiger partial charge in [-0.3, -0.25) is 4.79 Å². The third kappa shape index (κ3) is 3.79. The van der Waals surface area contributed by atoms with Crippen LogP contribution in [0.3, 0.4) is 0 Å². The van der Waals surface area contributed by atoms with Crippen LogP contribution in [0.5, 0.6) is 11.5 Å². The number of fused-ring (bicyclic) bond motifs is 1. The van der Waals surface area contributed by atoms with Crippen molar-refractivity contribution in [1.82, 2.24) is 5.32 Å². The molecule has 6 heteroatoms. The van der Waals surface area contributed by atoms with Crippen molar-refractivity contribution in [2.24, 2.45) is 0 Å². The molecule has 0 spiro atoms. The highest BCUT2D eigenvalue weighted by atomic mass is 35.5. The molecule has 26 heavy (non-hydrogen) atoms. The highest BCUT2D eigenvalue weighted by molar-refractivity contribution is 7.21.